The first-order valence-corrected chi connectivity index (χ1v) is 9.58. The Bertz CT molecular complexity index is 1330. The number of halogens is 1. The first-order valence-electron chi connectivity index (χ1n) is 9.20. The maximum absolute atomic E-state index is 13.0. The fraction of sp³-hybridized carbons (Fsp3) is 0.0870. The molecular weight excluding hydrogens is 400 g/mol. The molecule has 0 unspecified atom stereocenters. The summed E-state index contributed by atoms with van der Waals surface area (Å²) in [5.41, 5.74) is 5.52. The highest BCUT2D eigenvalue weighted by atomic mass is 35.5. The van der Waals surface area contributed by atoms with Gasteiger partial charge in [0.2, 0.25) is 5.88 Å². The first-order chi connectivity index (χ1) is 14.5. The molecule has 148 valence electrons. The van der Waals surface area contributed by atoms with Crippen LogP contribution in [0.15, 0.2) is 65.5 Å². The Labute approximate surface area is 177 Å². The van der Waals surface area contributed by atoms with Crippen molar-refractivity contribution >= 4 is 28.1 Å². The molecule has 0 aliphatic carbocycles. The zero-order valence-electron chi connectivity index (χ0n) is 16.3. The van der Waals surface area contributed by atoms with Crippen molar-refractivity contribution in [3.63, 3.8) is 0 Å². The Morgan fingerprint density at radius 2 is 1.67 bits per heavy atom. The van der Waals surface area contributed by atoms with Crippen LogP contribution in [0.4, 0.5) is 5.69 Å². The van der Waals surface area contributed by atoms with Gasteiger partial charge in [0.15, 0.2) is 0 Å². The van der Waals surface area contributed by atoms with E-state index in [2.05, 4.69) is 16.6 Å². The summed E-state index contributed by atoms with van der Waals surface area (Å²) < 4.78 is 6.17. The Morgan fingerprint density at radius 3 is 2.30 bits per heavy atom. The van der Waals surface area contributed by atoms with Gasteiger partial charge in [0.1, 0.15) is 5.75 Å². The van der Waals surface area contributed by atoms with Crippen LogP contribution in [-0.4, -0.2) is 9.89 Å². The number of nitrogens with zero attached hydrogens (tertiary/aromatic N) is 3. The summed E-state index contributed by atoms with van der Waals surface area (Å²) in [6, 6.07) is 19.6. The van der Waals surface area contributed by atoms with Crippen LogP contribution in [0.25, 0.3) is 10.8 Å². The molecule has 6 nitrogen and oxygen atoms in total. The minimum Gasteiger partial charge on any atom is -0.436 e. The molecule has 0 radical (unpaired) electrons. The molecule has 0 spiro atoms. The van der Waals surface area contributed by atoms with Crippen LogP contribution in [-0.2, 0) is 0 Å². The average molecular weight is 417 g/mol. The maximum Gasteiger partial charge on any atom is 0.294 e. The van der Waals surface area contributed by atoms with Gasteiger partial charge in [-0.15, -0.1) is 9.89 Å². The van der Waals surface area contributed by atoms with E-state index in [9.17, 15) is 4.79 Å². The Kier molecular flexibility index (Phi) is 5.13. The molecule has 0 fully saturated rings. The summed E-state index contributed by atoms with van der Waals surface area (Å²) in [4.78, 5) is 14.1. The molecule has 0 saturated carbocycles. The number of hydrogen-bond donors (Lipinski definition) is 1. The molecule has 1 heterocycles. The average Bonchev–Trinajstić information content (AvgIpc) is 2.74. The quantitative estimate of drug-likeness (QED) is 0.494. The molecule has 0 atom stereocenters. The minimum atomic E-state index is -0.313. The van der Waals surface area contributed by atoms with E-state index in [1.54, 1.807) is 42.5 Å². The lowest BCUT2D eigenvalue weighted by Crippen LogP contribution is -2.29. The second kappa shape index (κ2) is 7.90. The zero-order valence-corrected chi connectivity index (χ0v) is 17.1. The highest BCUT2D eigenvalue weighted by Gasteiger charge is 2.15. The van der Waals surface area contributed by atoms with Gasteiger partial charge in [-0.05, 0) is 73.5 Å². The van der Waals surface area contributed by atoms with E-state index >= 15 is 0 Å². The monoisotopic (exact) mass is 416 g/mol. The van der Waals surface area contributed by atoms with Crippen LogP contribution >= 0.6 is 11.6 Å². The van der Waals surface area contributed by atoms with Crippen LogP contribution in [0.2, 0.25) is 5.02 Å². The fourth-order valence-electron chi connectivity index (χ4n) is 3.21. The largest absolute Gasteiger partial charge is 0.436 e. The number of fused-ring (bicyclic) bond motifs is 1. The van der Waals surface area contributed by atoms with Gasteiger partial charge in [-0.25, -0.2) is 0 Å². The fourth-order valence-corrected chi connectivity index (χ4v) is 3.54. The smallest absolute Gasteiger partial charge is 0.294 e. The summed E-state index contributed by atoms with van der Waals surface area (Å²) in [7, 11) is 0. The molecule has 30 heavy (non-hydrogen) atoms. The van der Waals surface area contributed by atoms with Crippen molar-refractivity contribution in [2.75, 3.05) is 5.43 Å². The predicted octanol–water partition coefficient (Wildman–Crippen LogP) is 5.21. The first kappa shape index (κ1) is 19.5. The number of nitrogens with one attached hydrogen (secondary N) is 1. The molecule has 1 aromatic heterocycles. The molecule has 3 aromatic carbocycles. The van der Waals surface area contributed by atoms with Gasteiger partial charge in [0.05, 0.1) is 28.1 Å². The number of aromatic nitrogens is 2. The van der Waals surface area contributed by atoms with E-state index in [1.807, 2.05) is 32.0 Å². The normalized spacial score (nSPS) is 10.6. The topological polar surface area (TPSA) is 79.9 Å². The highest BCUT2D eigenvalue weighted by Crippen LogP contribution is 2.33. The van der Waals surface area contributed by atoms with Crippen LogP contribution in [0.5, 0.6) is 11.6 Å². The van der Waals surface area contributed by atoms with Gasteiger partial charge in [-0.3, -0.25) is 10.2 Å². The third-order valence-electron chi connectivity index (χ3n) is 4.64. The molecule has 0 saturated heterocycles. The Balaban J connectivity index is 1.82. The molecule has 7 heteroatoms. The molecule has 0 aliphatic heterocycles. The van der Waals surface area contributed by atoms with Crippen molar-refractivity contribution in [3.8, 4) is 17.7 Å². The van der Waals surface area contributed by atoms with Crippen LogP contribution < -0.4 is 15.7 Å². The number of hydrogen-bond acceptors (Lipinski definition) is 5. The number of ether oxygens (including phenoxy) is 1. The molecule has 4 rings (SSSR count). The van der Waals surface area contributed by atoms with Gasteiger partial charge >= 0.3 is 0 Å². The number of benzene rings is 3. The second-order valence-corrected chi connectivity index (χ2v) is 7.28. The van der Waals surface area contributed by atoms with E-state index < -0.39 is 0 Å². The minimum absolute atomic E-state index is 0.292. The molecule has 4 aromatic rings. The Morgan fingerprint density at radius 1 is 1.03 bits per heavy atom. The van der Waals surface area contributed by atoms with Crippen LogP contribution in [0.1, 0.15) is 16.7 Å². The van der Waals surface area contributed by atoms with Gasteiger partial charge < -0.3 is 4.74 Å². The van der Waals surface area contributed by atoms with Gasteiger partial charge in [-0.1, -0.05) is 23.7 Å². The highest BCUT2D eigenvalue weighted by molar-refractivity contribution is 6.30. The third kappa shape index (κ3) is 3.71. The molecular formula is C23H17ClN4O2. The van der Waals surface area contributed by atoms with Crippen LogP contribution in [0.3, 0.4) is 0 Å². The lowest BCUT2D eigenvalue weighted by Gasteiger charge is -2.15. The molecule has 1 N–H and O–H groups in total. The summed E-state index contributed by atoms with van der Waals surface area (Å²) in [6.07, 6.45) is 0. The van der Waals surface area contributed by atoms with E-state index in [1.165, 1.54) is 0 Å². The van der Waals surface area contributed by atoms with Crippen molar-refractivity contribution < 1.29 is 4.74 Å². The Hall–Kier alpha value is -3.82. The summed E-state index contributed by atoms with van der Waals surface area (Å²) >= 11 is 6.13. The van der Waals surface area contributed by atoms with E-state index in [-0.39, 0.29) is 5.56 Å². The van der Waals surface area contributed by atoms with Crippen LogP contribution in [0, 0.1) is 25.2 Å². The molecule has 0 bridgehead atoms. The van der Waals surface area contributed by atoms with Crippen molar-refractivity contribution in [2.45, 2.75) is 13.8 Å². The van der Waals surface area contributed by atoms with Gasteiger partial charge in [0.25, 0.3) is 5.56 Å². The van der Waals surface area contributed by atoms with E-state index in [4.69, 9.17) is 21.6 Å². The van der Waals surface area contributed by atoms with E-state index in [0.29, 0.717) is 38.7 Å². The molecule has 0 aliphatic rings. The van der Waals surface area contributed by atoms with Crippen molar-refractivity contribution in [2.24, 2.45) is 0 Å². The second-order valence-electron chi connectivity index (χ2n) is 6.84. The standard InChI is InChI=1S/C23H17ClN4O2/c1-14-11-17(24)12-15(2)21(14)30-22-19-5-3-4-6-20(19)23(29)28(27-22)26-18-9-7-16(13-25)8-10-18/h3-12,26H,1-2H3. The van der Waals surface area contributed by atoms with Crippen molar-refractivity contribution in [3.05, 3.63) is 92.7 Å². The van der Waals surface area contributed by atoms with Gasteiger partial charge in [-0.2, -0.15) is 5.26 Å². The van der Waals surface area contributed by atoms with E-state index in [0.717, 1.165) is 15.9 Å². The molecule has 0 amide bonds. The third-order valence-corrected chi connectivity index (χ3v) is 4.86. The number of nitriles is 1. The summed E-state index contributed by atoms with van der Waals surface area (Å²) in [5, 5.41) is 15.1. The lowest BCUT2D eigenvalue weighted by atomic mass is 10.1. The summed E-state index contributed by atoms with van der Waals surface area (Å²) in [5.74, 6) is 0.931. The predicted molar refractivity (Wildman–Crippen MR) is 117 cm³/mol. The maximum atomic E-state index is 13.0. The number of anilines is 1. The summed E-state index contributed by atoms with van der Waals surface area (Å²) in [6.45, 7) is 3.81. The van der Waals surface area contributed by atoms with Crippen molar-refractivity contribution in [1.29, 1.82) is 5.26 Å². The SMILES string of the molecule is Cc1cc(Cl)cc(C)c1Oc1nn(Nc2ccc(C#N)cc2)c(=O)c2ccccc12. The number of aryl methyl sites for hydroxylation is 2. The number of rotatable bonds is 4. The zero-order chi connectivity index (χ0) is 21.3. The van der Waals surface area contributed by atoms with Gasteiger partial charge in [0, 0.05) is 5.02 Å². The van der Waals surface area contributed by atoms with Crippen molar-refractivity contribution in [1.82, 2.24) is 9.89 Å². The lowest BCUT2D eigenvalue weighted by molar-refractivity contribution is 0.444.